The fourth-order valence-corrected chi connectivity index (χ4v) is 3.38. The maximum atomic E-state index is 9.70. The summed E-state index contributed by atoms with van der Waals surface area (Å²) in [7, 11) is 0. The van der Waals surface area contributed by atoms with E-state index in [4.69, 9.17) is 16.9 Å². The molecule has 2 aromatic heterocycles. The molecule has 3 rings (SSSR count). The number of halogens is 1. The minimum Gasteiger partial charge on any atom is -0.390 e. The Morgan fingerprint density at radius 2 is 1.74 bits per heavy atom. The van der Waals surface area contributed by atoms with Gasteiger partial charge in [0.2, 0.25) is 0 Å². The van der Waals surface area contributed by atoms with Crippen LogP contribution in [0.5, 0.6) is 0 Å². The molecule has 3 aromatic rings. The second-order valence-electron chi connectivity index (χ2n) is 6.20. The number of rotatable bonds is 4. The van der Waals surface area contributed by atoms with E-state index in [9.17, 15) is 10.4 Å². The molecule has 0 bridgehead atoms. The van der Waals surface area contributed by atoms with E-state index in [0.29, 0.717) is 28.4 Å². The topological polar surface area (TPSA) is 85.6 Å². The van der Waals surface area contributed by atoms with Crippen LogP contribution in [0.2, 0.25) is 5.02 Å². The summed E-state index contributed by atoms with van der Waals surface area (Å²) >= 11 is 6.02. The predicted octanol–water partition coefficient (Wildman–Crippen LogP) is 4.10. The smallest absolute Gasteiger partial charge is 0.102 e. The summed E-state index contributed by atoms with van der Waals surface area (Å²) < 4.78 is 2.03. The van der Waals surface area contributed by atoms with Gasteiger partial charge < -0.3 is 9.67 Å². The molecule has 0 aliphatic carbocycles. The number of aromatic nitrogens is 2. The third kappa shape index (κ3) is 3.44. The molecule has 0 saturated heterocycles. The van der Waals surface area contributed by atoms with Gasteiger partial charge in [0, 0.05) is 17.0 Å². The van der Waals surface area contributed by atoms with Gasteiger partial charge in [0.1, 0.15) is 6.07 Å². The van der Waals surface area contributed by atoms with E-state index in [-0.39, 0.29) is 6.61 Å². The van der Waals surface area contributed by atoms with Crippen LogP contribution in [0.1, 0.15) is 33.9 Å². The van der Waals surface area contributed by atoms with Gasteiger partial charge in [-0.15, -0.1) is 0 Å². The van der Waals surface area contributed by atoms with Gasteiger partial charge in [-0.3, -0.25) is 4.98 Å². The Balaban J connectivity index is 2.09. The normalized spacial score (nSPS) is 10.4. The van der Waals surface area contributed by atoms with E-state index >= 15 is 0 Å². The maximum Gasteiger partial charge on any atom is 0.102 e. The molecule has 0 spiro atoms. The van der Waals surface area contributed by atoms with Crippen molar-refractivity contribution >= 4 is 11.6 Å². The van der Waals surface area contributed by atoms with Crippen molar-refractivity contribution in [1.82, 2.24) is 9.55 Å². The van der Waals surface area contributed by atoms with Crippen LogP contribution in [0.4, 0.5) is 0 Å². The number of hydrogen-bond donors (Lipinski definition) is 1. The highest BCUT2D eigenvalue weighted by Gasteiger charge is 2.19. The number of nitriles is 2. The van der Waals surface area contributed by atoms with E-state index in [1.807, 2.05) is 36.6 Å². The Morgan fingerprint density at radius 1 is 1.04 bits per heavy atom. The SMILES string of the molecule is Cc1c(C#N)c(-c2ccc(C#N)cc2)c(C)n1Cc1ccc(Cl)c(CO)n1. The zero-order valence-electron chi connectivity index (χ0n) is 15.0. The van der Waals surface area contributed by atoms with Crippen LogP contribution < -0.4 is 0 Å². The molecule has 0 aliphatic heterocycles. The van der Waals surface area contributed by atoms with Crippen molar-refractivity contribution in [2.75, 3.05) is 0 Å². The number of benzene rings is 1. The van der Waals surface area contributed by atoms with E-state index in [1.165, 1.54) is 0 Å². The van der Waals surface area contributed by atoms with Crippen LogP contribution >= 0.6 is 11.6 Å². The first-order valence-corrected chi connectivity index (χ1v) is 8.73. The van der Waals surface area contributed by atoms with Crippen molar-refractivity contribution in [3.63, 3.8) is 0 Å². The van der Waals surface area contributed by atoms with Gasteiger partial charge >= 0.3 is 0 Å². The van der Waals surface area contributed by atoms with Crippen molar-refractivity contribution in [1.29, 1.82) is 10.5 Å². The first-order chi connectivity index (χ1) is 13.0. The Labute approximate surface area is 162 Å². The molecule has 2 heterocycles. The van der Waals surface area contributed by atoms with Gasteiger partial charge in [-0.25, -0.2) is 0 Å². The highest BCUT2D eigenvalue weighted by Crippen LogP contribution is 2.32. The lowest BCUT2D eigenvalue weighted by Crippen LogP contribution is -2.07. The Morgan fingerprint density at radius 3 is 2.33 bits per heavy atom. The molecule has 0 fully saturated rings. The van der Waals surface area contributed by atoms with E-state index in [2.05, 4.69) is 17.1 Å². The third-order valence-corrected chi connectivity index (χ3v) is 4.99. The molecule has 0 amide bonds. The third-order valence-electron chi connectivity index (χ3n) is 4.64. The van der Waals surface area contributed by atoms with Crippen LogP contribution in [0.25, 0.3) is 11.1 Å². The Hall–Kier alpha value is -3.12. The molecule has 1 aromatic carbocycles. The number of hydrogen-bond acceptors (Lipinski definition) is 4. The fourth-order valence-electron chi connectivity index (χ4n) is 3.21. The molecule has 1 N–H and O–H groups in total. The lowest BCUT2D eigenvalue weighted by molar-refractivity contribution is 0.276. The standard InChI is InChI=1S/C21H17ClN4O/c1-13-18(10-24)21(16-5-3-15(9-23)4-6-16)14(2)26(13)11-17-7-8-19(22)20(12-27)25-17/h3-8,27H,11-12H2,1-2H3. The number of pyridine rings is 1. The molecule has 0 aliphatic rings. The van der Waals surface area contributed by atoms with E-state index in [0.717, 1.165) is 28.2 Å². The van der Waals surface area contributed by atoms with E-state index in [1.54, 1.807) is 18.2 Å². The molecule has 5 nitrogen and oxygen atoms in total. The van der Waals surface area contributed by atoms with Crippen molar-refractivity contribution < 1.29 is 5.11 Å². The number of nitrogens with zero attached hydrogens (tertiary/aromatic N) is 4. The van der Waals surface area contributed by atoms with Gasteiger partial charge in [0.25, 0.3) is 0 Å². The zero-order valence-corrected chi connectivity index (χ0v) is 15.7. The van der Waals surface area contributed by atoms with Gasteiger partial charge in [-0.2, -0.15) is 10.5 Å². The maximum absolute atomic E-state index is 9.70. The first kappa shape index (κ1) is 18.7. The summed E-state index contributed by atoms with van der Waals surface area (Å²) in [5.74, 6) is 0. The van der Waals surface area contributed by atoms with Crippen molar-refractivity contribution in [2.45, 2.75) is 27.0 Å². The molecule has 0 saturated carbocycles. The van der Waals surface area contributed by atoms with Crippen molar-refractivity contribution in [3.8, 4) is 23.3 Å². The summed E-state index contributed by atoms with van der Waals surface area (Å²) in [4.78, 5) is 4.41. The monoisotopic (exact) mass is 376 g/mol. The summed E-state index contributed by atoms with van der Waals surface area (Å²) in [5.41, 5.74) is 5.90. The lowest BCUT2D eigenvalue weighted by atomic mass is 10.0. The minimum absolute atomic E-state index is 0.226. The number of aliphatic hydroxyl groups excluding tert-OH is 1. The first-order valence-electron chi connectivity index (χ1n) is 8.35. The van der Waals surface area contributed by atoms with Crippen LogP contribution in [-0.2, 0) is 13.2 Å². The second-order valence-corrected chi connectivity index (χ2v) is 6.60. The molecular formula is C21H17ClN4O. The minimum atomic E-state index is -0.226. The summed E-state index contributed by atoms with van der Waals surface area (Å²) in [5, 5.41) is 28.5. The molecule has 0 atom stereocenters. The highest BCUT2D eigenvalue weighted by atomic mass is 35.5. The summed E-state index contributed by atoms with van der Waals surface area (Å²) in [6.45, 7) is 4.11. The number of aliphatic hydroxyl groups is 1. The predicted molar refractivity (Wildman–Crippen MR) is 103 cm³/mol. The Bertz CT molecular complexity index is 1090. The molecule has 0 unspecified atom stereocenters. The molecule has 134 valence electrons. The zero-order chi connectivity index (χ0) is 19.6. The Kier molecular flexibility index (Phi) is 5.28. The van der Waals surface area contributed by atoms with Gasteiger partial charge in [-0.05, 0) is 43.7 Å². The van der Waals surface area contributed by atoms with Crippen LogP contribution in [0, 0.1) is 36.5 Å². The van der Waals surface area contributed by atoms with Gasteiger partial charge in [0.05, 0.1) is 46.8 Å². The quantitative estimate of drug-likeness (QED) is 0.742. The van der Waals surface area contributed by atoms with E-state index < -0.39 is 0 Å². The van der Waals surface area contributed by atoms with Crippen LogP contribution in [-0.4, -0.2) is 14.7 Å². The van der Waals surface area contributed by atoms with Crippen molar-refractivity contribution in [2.24, 2.45) is 0 Å². The van der Waals surface area contributed by atoms with Crippen molar-refractivity contribution in [3.05, 3.63) is 75.3 Å². The molecule has 27 heavy (non-hydrogen) atoms. The largest absolute Gasteiger partial charge is 0.390 e. The van der Waals surface area contributed by atoms with Crippen LogP contribution in [0.15, 0.2) is 36.4 Å². The average molecular weight is 377 g/mol. The molecular weight excluding hydrogens is 360 g/mol. The highest BCUT2D eigenvalue weighted by molar-refractivity contribution is 6.31. The molecule has 0 radical (unpaired) electrons. The lowest BCUT2D eigenvalue weighted by Gasteiger charge is -2.11. The summed E-state index contributed by atoms with van der Waals surface area (Å²) in [6.07, 6.45) is 0. The fraction of sp³-hybridized carbons (Fsp3) is 0.190. The average Bonchev–Trinajstić information content (AvgIpc) is 2.93. The molecule has 6 heteroatoms. The van der Waals surface area contributed by atoms with Gasteiger partial charge in [0.15, 0.2) is 0 Å². The second kappa shape index (κ2) is 7.63. The van der Waals surface area contributed by atoms with Crippen LogP contribution in [0.3, 0.4) is 0 Å². The summed E-state index contributed by atoms with van der Waals surface area (Å²) in [6, 6.07) is 15.1. The van der Waals surface area contributed by atoms with Gasteiger partial charge in [-0.1, -0.05) is 23.7 Å².